The molecule has 0 radical (unpaired) electrons. The largest absolute Gasteiger partial charge is 0.478 e. The van der Waals surface area contributed by atoms with E-state index in [1.807, 2.05) is 6.07 Å². The molecule has 1 heterocycles. The highest BCUT2D eigenvalue weighted by Crippen LogP contribution is 2.32. The Morgan fingerprint density at radius 2 is 1.71 bits per heavy atom. The highest BCUT2D eigenvalue weighted by atomic mass is 16.6. The lowest BCUT2D eigenvalue weighted by molar-refractivity contribution is -0.146. The van der Waals surface area contributed by atoms with Crippen molar-refractivity contribution in [3.8, 4) is 17.6 Å². The van der Waals surface area contributed by atoms with Gasteiger partial charge >= 0.3 is 11.9 Å². The number of Topliss-reactive ketones (excluding diaryl/α,β-unsaturated/α-hetero) is 2. The first-order valence-electron chi connectivity index (χ1n) is 11.2. The molecule has 0 saturated heterocycles. The summed E-state index contributed by atoms with van der Waals surface area (Å²) in [5.74, 6) is -2.55. The van der Waals surface area contributed by atoms with E-state index >= 15 is 0 Å². The average Bonchev–Trinajstić information content (AvgIpc) is 3.25. The standard InChI is InChI=1S/C25H26N2O8/c1-3-32-23(29)14-34-21-8-7-16(9-22(21)35-15-24(30)33-4-2)20(28)13-27-11-18-6-5-17(10-26)25(31)19(18)12-27/h5-9,11,17,19H,3-4,12-15H2,1-2H3. The zero-order valence-corrected chi connectivity index (χ0v) is 19.5. The molecule has 2 aliphatic rings. The van der Waals surface area contributed by atoms with Crippen molar-refractivity contribution < 1.29 is 38.1 Å². The van der Waals surface area contributed by atoms with E-state index in [2.05, 4.69) is 0 Å². The van der Waals surface area contributed by atoms with Crippen molar-refractivity contribution in [2.24, 2.45) is 11.8 Å². The molecule has 1 aliphatic heterocycles. The van der Waals surface area contributed by atoms with Crippen LogP contribution < -0.4 is 9.47 Å². The van der Waals surface area contributed by atoms with Gasteiger partial charge in [0, 0.05) is 18.3 Å². The van der Waals surface area contributed by atoms with Crippen LogP contribution in [0, 0.1) is 23.2 Å². The van der Waals surface area contributed by atoms with E-state index in [0.717, 1.165) is 5.57 Å². The summed E-state index contributed by atoms with van der Waals surface area (Å²) in [6.45, 7) is 3.26. The second-order valence-corrected chi connectivity index (χ2v) is 7.75. The van der Waals surface area contributed by atoms with Crippen LogP contribution in [0.25, 0.3) is 0 Å². The van der Waals surface area contributed by atoms with Crippen LogP contribution in [0.4, 0.5) is 0 Å². The number of hydrogen-bond acceptors (Lipinski definition) is 10. The summed E-state index contributed by atoms with van der Waals surface area (Å²) in [4.78, 5) is 50.5. The first-order chi connectivity index (χ1) is 16.9. The summed E-state index contributed by atoms with van der Waals surface area (Å²) in [6.07, 6.45) is 5.07. The van der Waals surface area contributed by atoms with E-state index in [1.165, 1.54) is 18.2 Å². The number of ketones is 2. The van der Waals surface area contributed by atoms with Gasteiger partial charge in [0.1, 0.15) is 5.92 Å². The summed E-state index contributed by atoms with van der Waals surface area (Å²) >= 11 is 0. The molecule has 0 bridgehead atoms. The molecule has 0 amide bonds. The first-order valence-corrected chi connectivity index (χ1v) is 11.2. The smallest absolute Gasteiger partial charge is 0.344 e. The zero-order chi connectivity index (χ0) is 25.4. The predicted molar refractivity (Wildman–Crippen MR) is 121 cm³/mol. The number of rotatable bonds is 11. The Labute approximate surface area is 202 Å². The second kappa shape index (κ2) is 11.8. The fraction of sp³-hybridized carbons (Fsp3) is 0.400. The minimum Gasteiger partial charge on any atom is -0.478 e. The second-order valence-electron chi connectivity index (χ2n) is 7.75. The minimum absolute atomic E-state index is 0.00130. The lowest BCUT2D eigenvalue weighted by Crippen LogP contribution is -2.31. The normalized spacial score (nSPS) is 18.3. The minimum atomic E-state index is -0.769. The molecule has 10 nitrogen and oxygen atoms in total. The summed E-state index contributed by atoms with van der Waals surface area (Å²) in [5, 5.41) is 9.11. The van der Waals surface area contributed by atoms with Gasteiger partial charge in [-0.25, -0.2) is 9.59 Å². The van der Waals surface area contributed by atoms with Crippen LogP contribution in [0.2, 0.25) is 0 Å². The molecule has 1 aliphatic carbocycles. The summed E-state index contributed by atoms with van der Waals surface area (Å²) in [6, 6.07) is 6.39. The highest BCUT2D eigenvalue weighted by Gasteiger charge is 2.36. The van der Waals surface area contributed by atoms with Gasteiger partial charge in [-0.3, -0.25) is 9.59 Å². The van der Waals surface area contributed by atoms with Gasteiger partial charge in [-0.1, -0.05) is 12.2 Å². The molecule has 3 rings (SSSR count). The fourth-order valence-corrected chi connectivity index (χ4v) is 3.71. The van der Waals surface area contributed by atoms with Crippen molar-refractivity contribution in [3.05, 3.63) is 47.7 Å². The number of hydrogen-bond donors (Lipinski definition) is 0. The van der Waals surface area contributed by atoms with E-state index in [4.69, 9.17) is 24.2 Å². The van der Waals surface area contributed by atoms with Crippen molar-refractivity contribution in [3.63, 3.8) is 0 Å². The molecule has 10 heteroatoms. The third kappa shape index (κ3) is 6.47. The lowest BCUT2D eigenvalue weighted by atomic mass is 9.84. The Kier molecular flexibility index (Phi) is 8.62. The number of ether oxygens (including phenoxy) is 4. The molecule has 0 fully saturated rings. The van der Waals surface area contributed by atoms with Crippen LogP contribution in [-0.4, -0.2) is 67.9 Å². The van der Waals surface area contributed by atoms with E-state index in [-0.39, 0.29) is 55.0 Å². The summed E-state index contributed by atoms with van der Waals surface area (Å²) < 4.78 is 20.7. The van der Waals surface area contributed by atoms with Gasteiger partial charge in [-0.2, -0.15) is 5.26 Å². The van der Waals surface area contributed by atoms with Gasteiger partial charge in [-0.05, 0) is 37.6 Å². The number of nitrogens with zero attached hydrogens (tertiary/aromatic N) is 2. The van der Waals surface area contributed by atoms with Crippen LogP contribution in [0.5, 0.6) is 11.5 Å². The molecular weight excluding hydrogens is 456 g/mol. The number of benzene rings is 1. The van der Waals surface area contributed by atoms with Crippen molar-refractivity contribution in [2.75, 3.05) is 39.5 Å². The lowest BCUT2D eigenvalue weighted by Gasteiger charge is -2.20. The maximum absolute atomic E-state index is 13.0. The maximum atomic E-state index is 13.0. The molecule has 0 spiro atoms. The molecule has 2 unspecified atom stereocenters. The van der Waals surface area contributed by atoms with Crippen molar-refractivity contribution in [1.29, 1.82) is 5.26 Å². The van der Waals surface area contributed by atoms with Gasteiger partial charge in [0.2, 0.25) is 0 Å². The predicted octanol–water partition coefficient (Wildman–Crippen LogP) is 1.85. The number of allylic oxidation sites excluding steroid dienone is 2. The molecular formula is C25H26N2O8. The zero-order valence-electron chi connectivity index (χ0n) is 19.5. The molecule has 2 atom stereocenters. The van der Waals surface area contributed by atoms with Crippen LogP contribution in [0.15, 0.2) is 42.1 Å². The SMILES string of the molecule is CCOC(=O)COc1ccc(C(=O)CN2C=C3C=CC(C#N)C(=O)C3C2)cc1OCC(=O)OCC. The quantitative estimate of drug-likeness (QED) is 0.340. The maximum Gasteiger partial charge on any atom is 0.344 e. The first kappa shape index (κ1) is 25.5. The average molecular weight is 482 g/mol. The van der Waals surface area contributed by atoms with E-state index < -0.39 is 30.4 Å². The number of carbonyl (C=O) groups excluding carboxylic acids is 4. The van der Waals surface area contributed by atoms with Gasteiger partial charge in [0.15, 0.2) is 36.3 Å². The summed E-state index contributed by atoms with van der Waals surface area (Å²) in [7, 11) is 0. The fourth-order valence-electron chi connectivity index (χ4n) is 3.71. The third-order valence-corrected chi connectivity index (χ3v) is 5.34. The molecule has 0 aromatic heterocycles. The molecule has 0 N–H and O–H groups in total. The van der Waals surface area contributed by atoms with Crippen molar-refractivity contribution >= 4 is 23.5 Å². The van der Waals surface area contributed by atoms with E-state index in [1.54, 1.807) is 37.1 Å². The van der Waals surface area contributed by atoms with Crippen LogP contribution in [-0.2, 0) is 23.9 Å². The molecule has 1 aromatic carbocycles. The monoisotopic (exact) mass is 482 g/mol. The number of esters is 2. The van der Waals surface area contributed by atoms with Crippen molar-refractivity contribution in [1.82, 2.24) is 4.90 Å². The molecule has 35 heavy (non-hydrogen) atoms. The van der Waals surface area contributed by atoms with Crippen LogP contribution in [0.1, 0.15) is 24.2 Å². The van der Waals surface area contributed by atoms with Crippen LogP contribution >= 0.6 is 0 Å². The van der Waals surface area contributed by atoms with Gasteiger partial charge < -0.3 is 23.8 Å². The Bertz CT molecular complexity index is 1100. The molecule has 184 valence electrons. The van der Waals surface area contributed by atoms with E-state index in [9.17, 15) is 19.2 Å². The third-order valence-electron chi connectivity index (χ3n) is 5.34. The topological polar surface area (TPSA) is 132 Å². The Hall–Kier alpha value is -4.13. The summed E-state index contributed by atoms with van der Waals surface area (Å²) in [5.41, 5.74) is 1.06. The molecule has 0 saturated carbocycles. The Morgan fingerprint density at radius 1 is 1.06 bits per heavy atom. The number of fused-ring (bicyclic) bond motifs is 1. The van der Waals surface area contributed by atoms with Crippen molar-refractivity contribution in [2.45, 2.75) is 13.8 Å². The van der Waals surface area contributed by atoms with Gasteiger partial charge in [-0.15, -0.1) is 0 Å². The Morgan fingerprint density at radius 3 is 2.34 bits per heavy atom. The highest BCUT2D eigenvalue weighted by molar-refractivity contribution is 5.98. The van der Waals surface area contributed by atoms with Crippen LogP contribution in [0.3, 0.4) is 0 Å². The number of carbonyl (C=O) groups is 4. The van der Waals surface area contributed by atoms with Gasteiger partial charge in [0.25, 0.3) is 0 Å². The molecule has 1 aromatic rings. The van der Waals surface area contributed by atoms with E-state index in [0.29, 0.717) is 6.54 Å². The Balaban J connectivity index is 1.71. The van der Waals surface area contributed by atoms with Gasteiger partial charge in [0.05, 0.1) is 31.7 Å². The number of nitriles is 1.